The average Bonchev–Trinajstić information content (AvgIpc) is 3.15. The van der Waals surface area contributed by atoms with Crippen molar-refractivity contribution < 1.29 is 24.2 Å². The van der Waals surface area contributed by atoms with E-state index in [1.165, 1.54) is 18.2 Å². The second-order valence-corrected chi connectivity index (χ2v) is 8.05. The predicted molar refractivity (Wildman–Crippen MR) is 118 cm³/mol. The Bertz CT molecular complexity index is 999. The molecular formula is C24H28N2O5. The minimum absolute atomic E-state index is 0.0216. The van der Waals surface area contributed by atoms with Gasteiger partial charge in [-0.2, -0.15) is 0 Å². The molecule has 1 unspecified atom stereocenters. The fraction of sp³-hybridized carbons (Fsp3) is 0.417. The molecule has 7 heteroatoms. The molecule has 164 valence electrons. The molecule has 0 spiro atoms. The number of ether oxygens (including phenoxy) is 2. The molecule has 2 aliphatic rings. The van der Waals surface area contributed by atoms with Crippen LogP contribution >= 0.6 is 0 Å². The highest BCUT2D eigenvalue weighted by Gasteiger charge is 2.34. The molecule has 4 rings (SSSR count). The number of amides is 1. The van der Waals surface area contributed by atoms with Gasteiger partial charge in [-0.1, -0.05) is 23.4 Å². The van der Waals surface area contributed by atoms with Gasteiger partial charge in [-0.05, 0) is 48.7 Å². The summed E-state index contributed by atoms with van der Waals surface area (Å²) in [6, 6.07) is 11.4. The topological polar surface area (TPSA) is 80.6 Å². The van der Waals surface area contributed by atoms with Gasteiger partial charge in [-0.3, -0.25) is 4.79 Å². The molecule has 0 bridgehead atoms. The summed E-state index contributed by atoms with van der Waals surface area (Å²) >= 11 is 0. The van der Waals surface area contributed by atoms with Gasteiger partial charge in [0.1, 0.15) is 19.0 Å². The smallest absolute Gasteiger partial charge is 0.254 e. The molecule has 1 amide bonds. The van der Waals surface area contributed by atoms with Crippen molar-refractivity contribution in [2.75, 3.05) is 33.5 Å². The summed E-state index contributed by atoms with van der Waals surface area (Å²) in [6.45, 7) is 5.46. The largest absolute Gasteiger partial charge is 0.485 e. The third kappa shape index (κ3) is 4.29. The van der Waals surface area contributed by atoms with Crippen molar-refractivity contribution in [1.82, 2.24) is 4.90 Å². The number of oxime groups is 1. The number of likely N-dealkylation sites (tertiary alicyclic amines) is 1. The lowest BCUT2D eigenvalue weighted by Gasteiger charge is -2.29. The Hall–Kier alpha value is -2.90. The van der Waals surface area contributed by atoms with Gasteiger partial charge in [-0.25, -0.2) is 0 Å². The second kappa shape index (κ2) is 9.08. The number of aryl methyl sites for hydroxylation is 1. The average molecular weight is 424 g/mol. The molecule has 31 heavy (non-hydrogen) atoms. The molecule has 2 fully saturated rings. The number of rotatable bonds is 6. The van der Waals surface area contributed by atoms with E-state index in [1.807, 2.05) is 18.2 Å². The zero-order valence-corrected chi connectivity index (χ0v) is 18.1. The Balaban J connectivity index is 1.69. The van der Waals surface area contributed by atoms with Crippen molar-refractivity contribution in [3.05, 3.63) is 53.1 Å². The summed E-state index contributed by atoms with van der Waals surface area (Å²) < 4.78 is 11.5. The summed E-state index contributed by atoms with van der Waals surface area (Å²) in [4.78, 5) is 19.8. The Morgan fingerprint density at radius 1 is 1.23 bits per heavy atom. The van der Waals surface area contributed by atoms with Gasteiger partial charge in [0.2, 0.25) is 0 Å². The maximum atomic E-state index is 13.3. The molecule has 2 heterocycles. The number of aliphatic hydroxyl groups is 1. The number of carbonyl (C=O) groups excluding carboxylic acids is 1. The van der Waals surface area contributed by atoms with E-state index in [0.29, 0.717) is 37.5 Å². The van der Waals surface area contributed by atoms with Crippen LogP contribution in [0.4, 0.5) is 0 Å². The number of hydrogen-bond donors (Lipinski definition) is 1. The van der Waals surface area contributed by atoms with Gasteiger partial charge in [0, 0.05) is 17.5 Å². The number of benzene rings is 2. The van der Waals surface area contributed by atoms with Gasteiger partial charge in [0.25, 0.3) is 5.91 Å². The lowest BCUT2D eigenvalue weighted by Crippen LogP contribution is -2.39. The summed E-state index contributed by atoms with van der Waals surface area (Å²) in [5, 5.41) is 13.7. The van der Waals surface area contributed by atoms with Gasteiger partial charge in [-0.15, -0.1) is 0 Å². The van der Waals surface area contributed by atoms with E-state index in [9.17, 15) is 9.90 Å². The van der Waals surface area contributed by atoms with E-state index in [-0.39, 0.29) is 24.7 Å². The van der Waals surface area contributed by atoms with Crippen LogP contribution in [0.15, 0.2) is 41.6 Å². The highest BCUT2D eigenvalue weighted by Crippen LogP contribution is 2.36. The first kappa shape index (κ1) is 21.3. The maximum absolute atomic E-state index is 13.3. The van der Waals surface area contributed by atoms with E-state index >= 15 is 0 Å². The van der Waals surface area contributed by atoms with Gasteiger partial charge in [0.05, 0.1) is 38.1 Å². The molecule has 1 N–H and O–H groups in total. The van der Waals surface area contributed by atoms with Crippen LogP contribution in [0.2, 0.25) is 0 Å². The van der Waals surface area contributed by atoms with Crippen LogP contribution < -0.4 is 4.74 Å². The second-order valence-electron chi connectivity index (χ2n) is 8.05. The number of nitrogens with zero attached hydrogens (tertiary/aromatic N) is 2. The van der Waals surface area contributed by atoms with Crippen molar-refractivity contribution >= 4 is 11.6 Å². The summed E-state index contributed by atoms with van der Waals surface area (Å²) in [5.41, 5.74) is 5.66. The monoisotopic (exact) mass is 424 g/mol. The molecule has 1 atom stereocenters. The lowest BCUT2D eigenvalue weighted by molar-refractivity contribution is -0.0794. The minimum Gasteiger partial charge on any atom is -0.485 e. The van der Waals surface area contributed by atoms with Gasteiger partial charge in [0.15, 0.2) is 0 Å². The van der Waals surface area contributed by atoms with Crippen molar-refractivity contribution in [3.8, 4) is 16.9 Å². The van der Waals surface area contributed by atoms with E-state index < -0.39 is 0 Å². The zero-order valence-electron chi connectivity index (χ0n) is 18.1. The van der Waals surface area contributed by atoms with Crippen LogP contribution in [-0.4, -0.2) is 67.2 Å². The quantitative estimate of drug-likeness (QED) is 0.721. The van der Waals surface area contributed by atoms with Crippen molar-refractivity contribution in [2.45, 2.75) is 32.4 Å². The molecule has 2 aromatic carbocycles. The molecule has 0 aliphatic carbocycles. The standard InChI is InChI=1S/C24H28N2O5/c1-15-5-4-6-21(16(15)2)22-8-7-17(9-23(22)31-20-13-30-14-20)24(28)26-11-18(25-29-3)10-19(26)12-27/h4-9,19-20,27H,10-14H2,1-3H3/b25-18-. The molecular weight excluding hydrogens is 396 g/mol. The zero-order chi connectivity index (χ0) is 22.0. The van der Waals surface area contributed by atoms with Gasteiger partial charge >= 0.3 is 0 Å². The Labute approximate surface area is 182 Å². The fourth-order valence-electron chi connectivity index (χ4n) is 4.01. The van der Waals surface area contributed by atoms with Crippen molar-refractivity contribution in [3.63, 3.8) is 0 Å². The maximum Gasteiger partial charge on any atom is 0.254 e. The van der Waals surface area contributed by atoms with Crippen LogP contribution in [0.5, 0.6) is 5.75 Å². The SMILES string of the molecule is CO/N=C1/CC(CO)N(C(=O)c2ccc(-c3cccc(C)c3C)c(OC3COC3)c2)C1. The van der Waals surface area contributed by atoms with E-state index in [0.717, 1.165) is 16.8 Å². The molecule has 2 saturated heterocycles. The molecule has 0 radical (unpaired) electrons. The predicted octanol–water partition coefficient (Wildman–Crippen LogP) is 2.96. The molecule has 0 saturated carbocycles. The number of hydrogen-bond acceptors (Lipinski definition) is 6. The third-order valence-electron chi connectivity index (χ3n) is 5.98. The number of aliphatic hydroxyl groups excluding tert-OH is 1. The first-order chi connectivity index (χ1) is 15.0. The lowest BCUT2D eigenvalue weighted by atomic mass is 9.95. The van der Waals surface area contributed by atoms with Crippen LogP contribution in [0.1, 0.15) is 27.9 Å². The highest BCUT2D eigenvalue weighted by molar-refractivity contribution is 6.01. The van der Waals surface area contributed by atoms with Crippen LogP contribution in [-0.2, 0) is 9.57 Å². The summed E-state index contributed by atoms with van der Waals surface area (Å²) in [5.74, 6) is 0.501. The molecule has 0 aromatic heterocycles. The summed E-state index contributed by atoms with van der Waals surface area (Å²) in [7, 11) is 1.48. The Morgan fingerprint density at radius 3 is 2.71 bits per heavy atom. The van der Waals surface area contributed by atoms with Crippen LogP contribution in [0.25, 0.3) is 11.1 Å². The molecule has 2 aliphatic heterocycles. The van der Waals surface area contributed by atoms with Crippen LogP contribution in [0, 0.1) is 13.8 Å². The van der Waals surface area contributed by atoms with Crippen LogP contribution in [0.3, 0.4) is 0 Å². The van der Waals surface area contributed by atoms with Crippen molar-refractivity contribution in [2.24, 2.45) is 5.16 Å². The Morgan fingerprint density at radius 2 is 2.03 bits per heavy atom. The van der Waals surface area contributed by atoms with Crippen molar-refractivity contribution in [1.29, 1.82) is 0 Å². The minimum atomic E-state index is -0.315. The highest BCUT2D eigenvalue weighted by atomic mass is 16.6. The first-order valence-electron chi connectivity index (χ1n) is 10.5. The third-order valence-corrected chi connectivity index (χ3v) is 5.98. The molecule has 2 aromatic rings. The number of carbonyl (C=O) groups is 1. The van der Waals surface area contributed by atoms with Gasteiger partial charge < -0.3 is 24.3 Å². The van der Waals surface area contributed by atoms with E-state index in [1.54, 1.807) is 11.0 Å². The Kier molecular flexibility index (Phi) is 6.25. The molecule has 7 nitrogen and oxygen atoms in total. The van der Waals surface area contributed by atoms with E-state index in [2.05, 4.69) is 31.1 Å². The normalized spacial score (nSPS) is 20.1. The summed E-state index contributed by atoms with van der Waals surface area (Å²) in [6.07, 6.45) is 0.478. The first-order valence-corrected chi connectivity index (χ1v) is 10.5. The van der Waals surface area contributed by atoms with E-state index in [4.69, 9.17) is 14.3 Å². The fourth-order valence-corrected chi connectivity index (χ4v) is 4.01.